The molecule has 0 aromatic heterocycles. The second kappa shape index (κ2) is 10.9. The molecule has 2 rings (SSSR count). The molecule has 0 radical (unpaired) electrons. The molecule has 168 valence electrons. The predicted molar refractivity (Wildman–Crippen MR) is 129 cm³/mol. The molecule has 0 spiro atoms. The van der Waals surface area contributed by atoms with Gasteiger partial charge in [0.05, 0.1) is 5.02 Å². The zero-order chi connectivity index (χ0) is 23.3. The van der Waals surface area contributed by atoms with Crippen molar-refractivity contribution in [3.8, 4) is 5.75 Å². The van der Waals surface area contributed by atoms with E-state index in [1.807, 2.05) is 20.8 Å². The third-order valence-electron chi connectivity index (χ3n) is 4.27. The van der Waals surface area contributed by atoms with Crippen LogP contribution in [0.5, 0.6) is 5.75 Å². The van der Waals surface area contributed by atoms with Crippen molar-refractivity contribution in [2.45, 2.75) is 45.8 Å². The van der Waals surface area contributed by atoms with Gasteiger partial charge in [-0.3, -0.25) is 9.59 Å². The molecule has 0 bridgehead atoms. The van der Waals surface area contributed by atoms with Crippen LogP contribution in [0, 0.1) is 0 Å². The van der Waals surface area contributed by atoms with E-state index < -0.39 is 11.6 Å². The highest BCUT2D eigenvalue weighted by Gasteiger charge is 2.29. The molecule has 0 saturated heterocycles. The van der Waals surface area contributed by atoms with Crippen molar-refractivity contribution < 1.29 is 14.3 Å². The van der Waals surface area contributed by atoms with Gasteiger partial charge in [-0.05, 0) is 63.6 Å². The lowest BCUT2D eigenvalue weighted by Crippen LogP contribution is -2.53. The molecule has 5 nitrogen and oxygen atoms in total. The van der Waals surface area contributed by atoms with Crippen LogP contribution in [0.15, 0.2) is 40.9 Å². The second-order valence-electron chi connectivity index (χ2n) is 8.04. The first-order valence-electron chi connectivity index (χ1n) is 9.50. The Labute approximate surface area is 206 Å². The van der Waals surface area contributed by atoms with Gasteiger partial charge >= 0.3 is 0 Å². The van der Waals surface area contributed by atoms with Crippen molar-refractivity contribution in [1.82, 2.24) is 10.2 Å². The van der Waals surface area contributed by atoms with Gasteiger partial charge in [-0.25, -0.2) is 0 Å². The molecule has 0 aliphatic rings. The summed E-state index contributed by atoms with van der Waals surface area (Å²) >= 11 is 21.8. The van der Waals surface area contributed by atoms with Gasteiger partial charge in [0.1, 0.15) is 11.8 Å². The third kappa shape index (κ3) is 7.86. The van der Waals surface area contributed by atoms with Gasteiger partial charge in [0.2, 0.25) is 5.91 Å². The molecule has 0 unspecified atom stereocenters. The molecular formula is C22H24BrCl3N2O3. The van der Waals surface area contributed by atoms with Crippen LogP contribution in [0.1, 0.15) is 33.3 Å². The van der Waals surface area contributed by atoms with Crippen LogP contribution in [0.2, 0.25) is 15.1 Å². The summed E-state index contributed by atoms with van der Waals surface area (Å²) in [6.07, 6.45) is 0. The highest BCUT2D eigenvalue weighted by atomic mass is 79.9. The molecule has 2 aromatic carbocycles. The average molecular weight is 551 g/mol. The summed E-state index contributed by atoms with van der Waals surface area (Å²) in [6, 6.07) is 9.34. The van der Waals surface area contributed by atoms with Crippen molar-refractivity contribution in [3.63, 3.8) is 0 Å². The van der Waals surface area contributed by atoms with E-state index in [-0.39, 0.29) is 25.0 Å². The number of hydrogen-bond acceptors (Lipinski definition) is 3. The highest BCUT2D eigenvalue weighted by molar-refractivity contribution is 9.10. The zero-order valence-electron chi connectivity index (χ0n) is 17.6. The standard InChI is InChI=1S/C22H24BrCl3N2O3/c1-13(21(30)27-22(2,3)4)28(11-14-5-7-16(24)10-17(14)25)20(29)12-31-19-8-6-15(23)9-18(19)26/h5-10,13H,11-12H2,1-4H3,(H,27,30)/t13-/m1/s1. The number of nitrogens with zero attached hydrogens (tertiary/aromatic N) is 1. The van der Waals surface area contributed by atoms with E-state index in [9.17, 15) is 9.59 Å². The first-order valence-corrected chi connectivity index (χ1v) is 11.4. The maximum absolute atomic E-state index is 13.1. The minimum Gasteiger partial charge on any atom is -0.482 e. The van der Waals surface area contributed by atoms with Crippen LogP contribution in [0.25, 0.3) is 0 Å². The van der Waals surface area contributed by atoms with Gasteiger partial charge in [-0.1, -0.05) is 56.8 Å². The van der Waals surface area contributed by atoms with Crippen molar-refractivity contribution >= 4 is 62.5 Å². The number of ether oxygens (including phenoxy) is 1. The average Bonchev–Trinajstić information content (AvgIpc) is 2.64. The van der Waals surface area contributed by atoms with Crippen LogP contribution in [0.3, 0.4) is 0 Å². The number of hydrogen-bond donors (Lipinski definition) is 1. The summed E-state index contributed by atoms with van der Waals surface area (Å²) in [5.41, 5.74) is 0.218. The van der Waals surface area contributed by atoms with Gasteiger partial charge in [-0.15, -0.1) is 0 Å². The number of nitrogens with one attached hydrogen (secondary N) is 1. The van der Waals surface area contributed by atoms with Crippen molar-refractivity contribution in [2.75, 3.05) is 6.61 Å². The van der Waals surface area contributed by atoms with Crippen LogP contribution in [-0.2, 0) is 16.1 Å². The second-order valence-corrected chi connectivity index (χ2v) is 10.2. The maximum Gasteiger partial charge on any atom is 0.261 e. The summed E-state index contributed by atoms with van der Waals surface area (Å²) in [5.74, 6) is -0.302. The summed E-state index contributed by atoms with van der Waals surface area (Å²) in [7, 11) is 0. The molecule has 0 saturated carbocycles. The maximum atomic E-state index is 13.1. The van der Waals surface area contributed by atoms with Crippen LogP contribution in [0.4, 0.5) is 0 Å². The Morgan fingerprint density at radius 3 is 2.35 bits per heavy atom. The van der Waals surface area contributed by atoms with Gasteiger partial charge in [-0.2, -0.15) is 0 Å². The molecule has 2 aromatic rings. The largest absolute Gasteiger partial charge is 0.482 e. The smallest absolute Gasteiger partial charge is 0.261 e. The van der Waals surface area contributed by atoms with Crippen molar-refractivity contribution in [3.05, 3.63) is 61.5 Å². The van der Waals surface area contributed by atoms with Gasteiger partial charge in [0.15, 0.2) is 6.61 Å². The van der Waals surface area contributed by atoms with Gasteiger partial charge in [0.25, 0.3) is 5.91 Å². The molecule has 0 heterocycles. The number of carbonyl (C=O) groups excluding carboxylic acids is 2. The number of benzene rings is 2. The number of amides is 2. The first-order chi connectivity index (χ1) is 14.4. The van der Waals surface area contributed by atoms with E-state index >= 15 is 0 Å². The Balaban J connectivity index is 2.24. The minimum atomic E-state index is -0.762. The lowest BCUT2D eigenvalue weighted by atomic mass is 10.1. The zero-order valence-corrected chi connectivity index (χ0v) is 21.5. The molecule has 0 aliphatic carbocycles. The molecule has 31 heavy (non-hydrogen) atoms. The third-order valence-corrected chi connectivity index (χ3v) is 5.64. The fourth-order valence-corrected chi connectivity index (χ4v) is 3.90. The molecule has 1 N–H and O–H groups in total. The summed E-state index contributed by atoms with van der Waals surface area (Å²) in [5, 5.41) is 4.16. The monoisotopic (exact) mass is 548 g/mol. The molecule has 0 fully saturated rings. The van der Waals surface area contributed by atoms with E-state index in [1.165, 1.54) is 4.90 Å². The fourth-order valence-electron chi connectivity index (χ4n) is 2.70. The molecular weight excluding hydrogens is 527 g/mol. The Morgan fingerprint density at radius 2 is 1.77 bits per heavy atom. The first kappa shape index (κ1) is 25.8. The molecule has 2 amide bonds. The number of halogens is 4. The van der Waals surface area contributed by atoms with E-state index in [4.69, 9.17) is 39.5 Å². The summed E-state index contributed by atoms with van der Waals surface area (Å²) in [4.78, 5) is 27.3. The Hall–Kier alpha value is -1.47. The van der Waals surface area contributed by atoms with Crippen molar-refractivity contribution in [1.29, 1.82) is 0 Å². The Morgan fingerprint density at radius 1 is 1.10 bits per heavy atom. The lowest BCUT2D eigenvalue weighted by Gasteiger charge is -2.31. The molecule has 0 aliphatic heterocycles. The van der Waals surface area contributed by atoms with Gasteiger partial charge in [0, 0.05) is 26.6 Å². The van der Waals surface area contributed by atoms with Crippen LogP contribution in [-0.4, -0.2) is 34.9 Å². The summed E-state index contributed by atoms with van der Waals surface area (Å²) < 4.78 is 6.42. The van der Waals surface area contributed by atoms with Crippen LogP contribution < -0.4 is 10.1 Å². The topological polar surface area (TPSA) is 58.6 Å². The Kier molecular flexibility index (Phi) is 9.07. The van der Waals surface area contributed by atoms with E-state index in [0.717, 1.165) is 4.47 Å². The number of rotatable bonds is 7. The van der Waals surface area contributed by atoms with Crippen molar-refractivity contribution in [2.24, 2.45) is 0 Å². The van der Waals surface area contributed by atoms with Gasteiger partial charge < -0.3 is 15.0 Å². The highest BCUT2D eigenvalue weighted by Crippen LogP contribution is 2.28. The number of carbonyl (C=O) groups is 2. The van der Waals surface area contributed by atoms with E-state index in [1.54, 1.807) is 43.3 Å². The van der Waals surface area contributed by atoms with E-state index in [2.05, 4.69) is 21.2 Å². The predicted octanol–water partition coefficient (Wildman–Crippen LogP) is 6.12. The minimum absolute atomic E-state index is 0.116. The molecule has 1 atom stereocenters. The fraction of sp³-hybridized carbons (Fsp3) is 0.364. The Bertz CT molecular complexity index is 964. The normalized spacial score (nSPS) is 12.3. The lowest BCUT2D eigenvalue weighted by molar-refractivity contribution is -0.142. The SMILES string of the molecule is C[C@H](C(=O)NC(C)(C)C)N(Cc1ccc(Cl)cc1Cl)C(=O)COc1ccc(Br)cc1Cl. The molecule has 9 heteroatoms. The summed E-state index contributed by atoms with van der Waals surface area (Å²) in [6.45, 7) is 7.11. The van der Waals surface area contributed by atoms with Crippen LogP contribution >= 0.6 is 50.7 Å². The van der Waals surface area contributed by atoms with E-state index in [0.29, 0.717) is 26.4 Å². The quantitative estimate of drug-likeness (QED) is 0.452.